The van der Waals surface area contributed by atoms with Crippen LogP contribution in [0.15, 0.2) is 0 Å². The standard InChI is InChI=1S/C64H117NO22.2H2/c1-11-13-14-15-16-17-18-19-20-21-22-23-24-25-26-27-32-80-44(3)35-78-41-50-57(53(71)52(70)46(5)85-50)87-58-55(73)54(72)56(77-10)49(86-58)40-79-36-45(4)82-38-48(68)39-83-59(74)62(6,7)42-64(9,61(76)84-37-47(67)34-66)43-63(8,12-2)60(75)81-33-31-65-30-28-29-51(65)69;;/h44-50,52-58,66-68,70-73H,11-43H2,1-10H3;2*1H. The summed E-state index contributed by atoms with van der Waals surface area (Å²) in [7, 11) is 1.33. The summed E-state index contributed by atoms with van der Waals surface area (Å²) in [5.74, 6) is -2.22. The third-order valence-corrected chi connectivity index (χ3v) is 17.1. The molecular weight excluding hydrogens is 1130 g/mol. The van der Waals surface area contributed by atoms with E-state index >= 15 is 0 Å². The van der Waals surface area contributed by atoms with Gasteiger partial charge in [0.15, 0.2) is 6.29 Å². The summed E-state index contributed by atoms with van der Waals surface area (Å²) in [5.41, 5.74) is -4.18. The first-order valence-corrected chi connectivity index (χ1v) is 32.7. The monoisotopic (exact) mass is 1260 g/mol. The summed E-state index contributed by atoms with van der Waals surface area (Å²) < 4.78 is 64.1. The van der Waals surface area contributed by atoms with Crippen LogP contribution >= 0.6 is 0 Å². The Morgan fingerprint density at radius 1 is 0.621 bits per heavy atom. The molecule has 0 aliphatic carbocycles. The van der Waals surface area contributed by atoms with Crippen molar-refractivity contribution in [3.8, 4) is 0 Å². The van der Waals surface area contributed by atoms with Crippen LogP contribution in [0.5, 0.6) is 0 Å². The van der Waals surface area contributed by atoms with Crippen molar-refractivity contribution in [2.75, 3.05) is 86.3 Å². The van der Waals surface area contributed by atoms with Gasteiger partial charge in [0.1, 0.15) is 80.9 Å². The van der Waals surface area contributed by atoms with Gasteiger partial charge in [0, 0.05) is 29.5 Å². The highest BCUT2D eigenvalue weighted by Gasteiger charge is 2.52. The van der Waals surface area contributed by atoms with Crippen LogP contribution in [0.2, 0.25) is 0 Å². The Morgan fingerprint density at radius 2 is 1.14 bits per heavy atom. The Kier molecular flexibility index (Phi) is 37.6. The second-order valence-electron chi connectivity index (χ2n) is 25.9. The van der Waals surface area contributed by atoms with Crippen LogP contribution in [0.4, 0.5) is 0 Å². The van der Waals surface area contributed by atoms with Gasteiger partial charge in [-0.3, -0.25) is 19.2 Å². The molecule has 7 N–H and O–H groups in total. The van der Waals surface area contributed by atoms with Crippen LogP contribution in [0, 0.1) is 16.2 Å². The average molecular weight is 1260 g/mol. The van der Waals surface area contributed by atoms with Crippen LogP contribution < -0.4 is 0 Å². The first kappa shape index (κ1) is 78.5. The maximum absolute atomic E-state index is 13.8. The fourth-order valence-electron chi connectivity index (χ4n) is 11.7. The molecule has 1 amide bonds. The number of amides is 1. The van der Waals surface area contributed by atoms with Gasteiger partial charge in [0.25, 0.3) is 0 Å². The molecule has 0 saturated carbocycles. The second-order valence-corrected chi connectivity index (χ2v) is 25.9. The van der Waals surface area contributed by atoms with Crippen LogP contribution in [-0.4, -0.2) is 236 Å². The van der Waals surface area contributed by atoms with Gasteiger partial charge in [-0.25, -0.2) is 0 Å². The molecule has 514 valence electrons. The van der Waals surface area contributed by atoms with Gasteiger partial charge in [-0.1, -0.05) is 110 Å². The number of hydrogen-bond donors (Lipinski definition) is 7. The summed E-state index contributed by atoms with van der Waals surface area (Å²) in [6, 6.07) is 0. The van der Waals surface area contributed by atoms with Crippen LogP contribution in [0.25, 0.3) is 0 Å². The molecule has 0 bridgehead atoms. The molecule has 0 aromatic rings. The molecule has 23 nitrogen and oxygen atoms in total. The highest BCUT2D eigenvalue weighted by molar-refractivity contribution is 5.83. The van der Waals surface area contributed by atoms with E-state index in [1.165, 1.54) is 104 Å². The van der Waals surface area contributed by atoms with E-state index in [2.05, 4.69) is 6.92 Å². The number of aliphatic hydroxyl groups excluding tert-OH is 7. The lowest BCUT2D eigenvalue weighted by atomic mass is 9.65. The molecule has 3 heterocycles. The van der Waals surface area contributed by atoms with Crippen molar-refractivity contribution in [1.29, 1.82) is 0 Å². The van der Waals surface area contributed by atoms with Crippen LogP contribution in [-0.2, 0) is 71.3 Å². The molecule has 23 heteroatoms. The SMILES string of the molecule is CCCCCCCCCCCCCCCCCCOC(C)COCC1OC(C)C(O)C(O)C1OC1OC(COCC(C)OCC(O)COC(=O)C(C)(C)CC(C)(CC(C)(CC)C(=O)OCCN2CCCC2=O)C(=O)OCC(O)CO)C(OC)C(O)C1O.[HH].[HH]. The predicted molar refractivity (Wildman–Crippen MR) is 326 cm³/mol. The van der Waals surface area contributed by atoms with Crippen molar-refractivity contribution in [3.63, 3.8) is 0 Å². The van der Waals surface area contributed by atoms with Crippen molar-refractivity contribution in [2.45, 2.75) is 283 Å². The van der Waals surface area contributed by atoms with E-state index in [1.807, 2.05) is 6.92 Å². The Labute approximate surface area is 522 Å². The molecule has 3 rings (SSSR count). The van der Waals surface area contributed by atoms with E-state index in [4.69, 9.17) is 52.1 Å². The molecule has 3 aliphatic heterocycles. The van der Waals surface area contributed by atoms with Gasteiger partial charge >= 0.3 is 17.9 Å². The number of esters is 3. The fourth-order valence-corrected chi connectivity index (χ4v) is 11.7. The largest absolute Gasteiger partial charge is 0.463 e. The predicted octanol–water partition coefficient (Wildman–Crippen LogP) is 6.13. The summed E-state index contributed by atoms with van der Waals surface area (Å²) in [5, 5.41) is 74.6. The van der Waals surface area contributed by atoms with E-state index < -0.39 is 134 Å². The van der Waals surface area contributed by atoms with Crippen molar-refractivity contribution < 1.29 is 110 Å². The molecule has 16 unspecified atom stereocenters. The third kappa shape index (κ3) is 28.0. The third-order valence-electron chi connectivity index (χ3n) is 17.1. The number of nitrogens with zero attached hydrogens (tertiary/aromatic N) is 1. The Morgan fingerprint density at radius 3 is 1.68 bits per heavy atom. The minimum absolute atomic E-state index is 0. The van der Waals surface area contributed by atoms with Gasteiger partial charge in [0.2, 0.25) is 5.91 Å². The maximum atomic E-state index is 13.8. The minimum atomic E-state index is -1.64. The number of unbranched alkanes of at least 4 members (excludes halogenated alkanes) is 15. The van der Waals surface area contributed by atoms with Gasteiger partial charge in [-0.2, -0.15) is 0 Å². The molecule has 0 aromatic heterocycles. The quantitative estimate of drug-likeness (QED) is 0.0204. The molecule has 0 spiro atoms. The van der Waals surface area contributed by atoms with Crippen molar-refractivity contribution in [2.24, 2.45) is 16.2 Å². The van der Waals surface area contributed by atoms with E-state index in [1.54, 1.807) is 46.4 Å². The zero-order valence-electron chi connectivity index (χ0n) is 54.6. The Balaban J connectivity index is 0.0000198. The molecule has 87 heavy (non-hydrogen) atoms. The van der Waals surface area contributed by atoms with E-state index in [-0.39, 0.29) is 80.3 Å². The number of likely N-dealkylation sites (tertiary alicyclic amines) is 1. The second kappa shape index (κ2) is 41.7. The first-order chi connectivity index (χ1) is 41.4. The van der Waals surface area contributed by atoms with E-state index in [9.17, 15) is 54.9 Å². The smallest absolute Gasteiger partial charge is 0.311 e. The number of methoxy groups -OCH3 is 1. The molecular formula is C64H121NO22. The lowest BCUT2D eigenvalue weighted by molar-refractivity contribution is -0.344. The molecule has 0 aromatic carbocycles. The highest BCUT2D eigenvalue weighted by Crippen LogP contribution is 2.46. The topological polar surface area (TPSA) is 315 Å². The summed E-state index contributed by atoms with van der Waals surface area (Å²) in [6.07, 6.45) is 5.75. The van der Waals surface area contributed by atoms with Crippen LogP contribution in [0.3, 0.4) is 0 Å². The van der Waals surface area contributed by atoms with E-state index in [0.29, 0.717) is 19.6 Å². The number of hydrogen-bond acceptors (Lipinski definition) is 22. The number of carbonyl (C=O) groups is 4. The van der Waals surface area contributed by atoms with Gasteiger partial charge in [-0.05, 0) is 80.6 Å². The lowest BCUT2D eigenvalue weighted by Gasteiger charge is -2.46. The normalized spacial score (nSPS) is 26.4. The van der Waals surface area contributed by atoms with Crippen molar-refractivity contribution >= 4 is 23.8 Å². The number of ether oxygens (including phenoxy) is 11. The number of aliphatic hydroxyl groups is 7. The molecule has 16 atom stereocenters. The average Bonchev–Trinajstić information content (AvgIpc) is 4.19. The summed E-state index contributed by atoms with van der Waals surface area (Å²) in [4.78, 5) is 54.8. The zero-order chi connectivity index (χ0) is 64.6. The minimum Gasteiger partial charge on any atom is -0.463 e. The molecule has 3 fully saturated rings. The Bertz CT molecular complexity index is 1910. The highest BCUT2D eigenvalue weighted by atomic mass is 16.7. The van der Waals surface area contributed by atoms with Gasteiger partial charge in [-0.15, -0.1) is 0 Å². The number of rotatable bonds is 48. The first-order valence-electron chi connectivity index (χ1n) is 32.7. The van der Waals surface area contributed by atoms with Crippen molar-refractivity contribution in [3.05, 3.63) is 0 Å². The van der Waals surface area contributed by atoms with E-state index in [0.717, 1.165) is 19.3 Å². The summed E-state index contributed by atoms with van der Waals surface area (Å²) >= 11 is 0. The molecule has 3 saturated heterocycles. The van der Waals surface area contributed by atoms with Gasteiger partial charge < -0.3 is 92.8 Å². The fraction of sp³-hybridized carbons (Fsp3) is 0.938. The summed E-state index contributed by atoms with van der Waals surface area (Å²) in [6.45, 7) is 14.9. The molecule has 3 aliphatic rings. The lowest BCUT2D eigenvalue weighted by Crippen LogP contribution is -2.64. The van der Waals surface area contributed by atoms with Crippen molar-refractivity contribution in [1.82, 2.24) is 4.90 Å². The Hall–Kier alpha value is -2.72. The number of carbonyl (C=O) groups excluding carboxylic acids is 4. The van der Waals surface area contributed by atoms with Crippen LogP contribution in [0.1, 0.15) is 200 Å². The zero-order valence-corrected chi connectivity index (χ0v) is 54.6. The van der Waals surface area contributed by atoms with Gasteiger partial charge in [0.05, 0.1) is 80.7 Å². The maximum Gasteiger partial charge on any atom is 0.311 e. The molecule has 0 radical (unpaired) electrons.